The maximum absolute atomic E-state index is 12.1. The predicted octanol–water partition coefficient (Wildman–Crippen LogP) is 2.50. The number of hydrogen-bond acceptors (Lipinski definition) is 6. The smallest absolute Gasteiger partial charge is 0.263 e. The molecule has 0 aliphatic rings. The SMILES string of the molecule is CN(C)N=Nc1ccc(S(=O)(=O)Nc2nccs2)cc1. The van der Waals surface area contributed by atoms with Gasteiger partial charge in [-0.3, -0.25) is 9.73 Å². The molecule has 2 rings (SSSR count). The van der Waals surface area contributed by atoms with Crippen LogP contribution in [0.4, 0.5) is 10.8 Å². The number of anilines is 1. The zero-order valence-corrected chi connectivity index (χ0v) is 12.5. The summed E-state index contributed by atoms with van der Waals surface area (Å²) in [6.45, 7) is 0. The van der Waals surface area contributed by atoms with E-state index in [9.17, 15) is 8.42 Å². The van der Waals surface area contributed by atoms with Gasteiger partial charge in [-0.05, 0) is 24.3 Å². The number of aromatic nitrogens is 1. The Kier molecular flexibility index (Phi) is 4.30. The summed E-state index contributed by atoms with van der Waals surface area (Å²) in [5, 5.41) is 11.3. The quantitative estimate of drug-likeness (QED) is 0.679. The molecule has 2 aromatic rings. The van der Waals surface area contributed by atoms with E-state index in [4.69, 9.17) is 0 Å². The van der Waals surface area contributed by atoms with Crippen molar-refractivity contribution in [3.63, 3.8) is 0 Å². The van der Waals surface area contributed by atoms with Crippen molar-refractivity contribution in [2.24, 2.45) is 10.3 Å². The van der Waals surface area contributed by atoms with Crippen molar-refractivity contribution >= 4 is 32.2 Å². The molecule has 1 aromatic carbocycles. The number of thiazole rings is 1. The lowest BCUT2D eigenvalue weighted by molar-refractivity contribution is 0.408. The number of hydrogen-bond donors (Lipinski definition) is 1. The first-order valence-corrected chi connectivity index (χ1v) is 7.95. The summed E-state index contributed by atoms with van der Waals surface area (Å²) in [5.41, 5.74) is 0.576. The normalized spacial score (nSPS) is 11.7. The Hall–Kier alpha value is -2.00. The van der Waals surface area contributed by atoms with E-state index in [1.165, 1.54) is 29.7 Å². The highest BCUT2D eigenvalue weighted by Crippen LogP contribution is 2.20. The third kappa shape index (κ3) is 3.75. The molecule has 7 nitrogen and oxygen atoms in total. The fraction of sp³-hybridized carbons (Fsp3) is 0.182. The number of nitrogens with one attached hydrogen (secondary N) is 1. The third-order valence-electron chi connectivity index (χ3n) is 2.14. The standard InChI is InChI=1S/C11H13N5O2S2/c1-16(2)15-13-9-3-5-10(6-4-9)20(17,18)14-11-12-7-8-19-11/h3-8H,1-2H3,(H,12,14). The van der Waals surface area contributed by atoms with Crippen LogP contribution in [0.5, 0.6) is 0 Å². The van der Waals surface area contributed by atoms with Crippen molar-refractivity contribution in [3.8, 4) is 0 Å². The van der Waals surface area contributed by atoms with Crippen molar-refractivity contribution in [1.82, 2.24) is 9.99 Å². The van der Waals surface area contributed by atoms with Crippen LogP contribution in [0, 0.1) is 0 Å². The minimum atomic E-state index is -3.62. The van der Waals surface area contributed by atoms with Gasteiger partial charge in [-0.1, -0.05) is 5.22 Å². The fourth-order valence-electron chi connectivity index (χ4n) is 1.28. The van der Waals surface area contributed by atoms with Gasteiger partial charge in [0.05, 0.1) is 10.6 Å². The first-order valence-electron chi connectivity index (χ1n) is 5.59. The van der Waals surface area contributed by atoms with Crippen molar-refractivity contribution in [2.45, 2.75) is 4.90 Å². The third-order valence-corrected chi connectivity index (χ3v) is 4.31. The van der Waals surface area contributed by atoms with Crippen LogP contribution < -0.4 is 4.72 Å². The Balaban J connectivity index is 2.17. The van der Waals surface area contributed by atoms with Crippen LogP contribution in [0.25, 0.3) is 0 Å². The van der Waals surface area contributed by atoms with Gasteiger partial charge in [-0.2, -0.15) is 0 Å². The topological polar surface area (TPSA) is 87.0 Å². The van der Waals surface area contributed by atoms with Gasteiger partial charge in [0.25, 0.3) is 10.0 Å². The summed E-state index contributed by atoms with van der Waals surface area (Å²) in [7, 11) is -0.116. The van der Waals surface area contributed by atoms with Crippen LogP contribution in [0.15, 0.2) is 51.1 Å². The Morgan fingerprint density at radius 2 is 1.95 bits per heavy atom. The van der Waals surface area contributed by atoms with Gasteiger partial charge in [-0.25, -0.2) is 13.4 Å². The molecular weight excluding hydrogens is 298 g/mol. The fourth-order valence-corrected chi connectivity index (χ4v) is 3.07. The van der Waals surface area contributed by atoms with Gasteiger partial charge in [-0.15, -0.1) is 16.5 Å². The van der Waals surface area contributed by atoms with Gasteiger partial charge in [0.2, 0.25) is 0 Å². The zero-order chi connectivity index (χ0) is 14.6. The Morgan fingerprint density at radius 3 is 2.50 bits per heavy atom. The predicted molar refractivity (Wildman–Crippen MR) is 77.6 cm³/mol. The van der Waals surface area contributed by atoms with E-state index in [-0.39, 0.29) is 4.90 Å². The van der Waals surface area contributed by atoms with Crippen molar-refractivity contribution < 1.29 is 8.42 Å². The molecule has 0 atom stereocenters. The van der Waals surface area contributed by atoms with E-state index in [0.717, 1.165) is 0 Å². The first-order chi connectivity index (χ1) is 9.47. The second-order valence-corrected chi connectivity index (χ2v) is 6.55. The molecule has 0 amide bonds. The molecule has 0 fully saturated rings. The van der Waals surface area contributed by atoms with Crippen LogP contribution in [0.3, 0.4) is 0 Å². The van der Waals surface area contributed by atoms with E-state index >= 15 is 0 Å². The van der Waals surface area contributed by atoms with E-state index < -0.39 is 10.0 Å². The van der Waals surface area contributed by atoms with Gasteiger partial charge in [0.15, 0.2) is 5.13 Å². The monoisotopic (exact) mass is 311 g/mol. The first kappa shape index (κ1) is 14.4. The summed E-state index contributed by atoms with van der Waals surface area (Å²) in [5.74, 6) is 0. The average molecular weight is 311 g/mol. The van der Waals surface area contributed by atoms with E-state index in [0.29, 0.717) is 10.8 Å². The van der Waals surface area contributed by atoms with Crippen LogP contribution in [0.2, 0.25) is 0 Å². The van der Waals surface area contributed by atoms with E-state index in [1.54, 1.807) is 36.6 Å². The van der Waals surface area contributed by atoms with Crippen LogP contribution in [-0.2, 0) is 10.0 Å². The minimum Gasteiger partial charge on any atom is -0.285 e. The molecule has 0 bridgehead atoms. The molecule has 0 saturated carbocycles. The highest BCUT2D eigenvalue weighted by atomic mass is 32.2. The molecular formula is C11H13N5O2S2. The maximum atomic E-state index is 12.1. The average Bonchev–Trinajstić information content (AvgIpc) is 2.89. The number of rotatable bonds is 5. The summed E-state index contributed by atoms with van der Waals surface area (Å²) in [6, 6.07) is 6.12. The highest BCUT2D eigenvalue weighted by Gasteiger charge is 2.15. The van der Waals surface area contributed by atoms with Crippen molar-refractivity contribution in [3.05, 3.63) is 35.8 Å². The van der Waals surface area contributed by atoms with Crippen molar-refractivity contribution in [2.75, 3.05) is 18.8 Å². The summed E-state index contributed by atoms with van der Waals surface area (Å²) < 4.78 is 26.5. The Morgan fingerprint density at radius 1 is 1.25 bits per heavy atom. The molecule has 0 unspecified atom stereocenters. The molecule has 106 valence electrons. The van der Waals surface area contributed by atoms with Crippen LogP contribution in [0.1, 0.15) is 0 Å². The maximum Gasteiger partial charge on any atom is 0.263 e. The Bertz CT molecular complexity index is 678. The molecule has 0 saturated heterocycles. The lowest BCUT2D eigenvalue weighted by Gasteiger charge is -2.05. The lowest BCUT2D eigenvalue weighted by atomic mass is 10.3. The lowest BCUT2D eigenvalue weighted by Crippen LogP contribution is -2.12. The summed E-state index contributed by atoms with van der Waals surface area (Å²) in [4.78, 5) is 4.03. The molecule has 0 spiro atoms. The largest absolute Gasteiger partial charge is 0.285 e. The molecule has 0 aliphatic heterocycles. The molecule has 1 aromatic heterocycles. The molecule has 9 heteroatoms. The van der Waals surface area contributed by atoms with Crippen LogP contribution >= 0.6 is 11.3 Å². The highest BCUT2D eigenvalue weighted by molar-refractivity contribution is 7.93. The zero-order valence-electron chi connectivity index (χ0n) is 10.9. The van der Waals surface area contributed by atoms with E-state index in [1.807, 2.05) is 0 Å². The van der Waals surface area contributed by atoms with Crippen molar-refractivity contribution in [1.29, 1.82) is 0 Å². The summed E-state index contributed by atoms with van der Waals surface area (Å²) in [6.07, 6.45) is 1.53. The summed E-state index contributed by atoms with van der Waals surface area (Å²) >= 11 is 1.22. The number of benzene rings is 1. The van der Waals surface area contributed by atoms with Gasteiger partial charge in [0, 0.05) is 25.7 Å². The van der Waals surface area contributed by atoms with Gasteiger partial charge < -0.3 is 0 Å². The molecule has 0 radical (unpaired) electrons. The molecule has 20 heavy (non-hydrogen) atoms. The number of sulfonamides is 1. The minimum absolute atomic E-state index is 0.150. The molecule has 0 aliphatic carbocycles. The van der Waals surface area contributed by atoms with E-state index in [2.05, 4.69) is 20.0 Å². The molecule has 1 heterocycles. The van der Waals surface area contributed by atoms with Gasteiger partial charge >= 0.3 is 0 Å². The van der Waals surface area contributed by atoms with Crippen LogP contribution in [-0.4, -0.2) is 32.5 Å². The second-order valence-electron chi connectivity index (χ2n) is 3.97. The molecule has 1 N–H and O–H groups in total. The number of nitrogens with zero attached hydrogens (tertiary/aromatic N) is 4. The second kappa shape index (κ2) is 5.97. The van der Waals surface area contributed by atoms with Gasteiger partial charge in [0.1, 0.15) is 0 Å². The Labute approximate surface area is 121 Å².